The van der Waals surface area contributed by atoms with E-state index in [-0.39, 0.29) is 17.7 Å². The standard InChI is InChI=1S/C18H17ClN2O3/c1-20-17(22)11-2-5-15(6-3-11)21-18(23)13-8-12-9-14(19)4-7-16(12)24-10-13/h2-7,9,13H,8,10H2,1H3,(H,20,22)(H,21,23)/t13-/m1/s1. The van der Waals surface area contributed by atoms with Crippen molar-refractivity contribution in [3.05, 3.63) is 58.6 Å². The number of anilines is 1. The van der Waals surface area contributed by atoms with Gasteiger partial charge in [-0.1, -0.05) is 11.6 Å². The highest BCUT2D eigenvalue weighted by molar-refractivity contribution is 6.30. The zero-order chi connectivity index (χ0) is 17.1. The van der Waals surface area contributed by atoms with Gasteiger partial charge in [0.1, 0.15) is 12.4 Å². The van der Waals surface area contributed by atoms with Gasteiger partial charge in [0.05, 0.1) is 5.92 Å². The number of halogens is 1. The van der Waals surface area contributed by atoms with Crippen LogP contribution in [0.1, 0.15) is 15.9 Å². The Hall–Kier alpha value is -2.53. The number of fused-ring (bicyclic) bond motifs is 1. The minimum Gasteiger partial charge on any atom is -0.492 e. The van der Waals surface area contributed by atoms with Crippen LogP contribution in [0.5, 0.6) is 5.75 Å². The third kappa shape index (κ3) is 3.51. The minimum atomic E-state index is -0.283. The number of hydrogen-bond donors (Lipinski definition) is 2. The maximum Gasteiger partial charge on any atom is 0.251 e. The molecule has 1 aliphatic heterocycles. The van der Waals surface area contributed by atoms with Crippen molar-refractivity contribution in [2.75, 3.05) is 19.0 Å². The molecule has 3 rings (SSSR count). The summed E-state index contributed by atoms with van der Waals surface area (Å²) < 4.78 is 5.64. The molecule has 0 aliphatic carbocycles. The fraction of sp³-hybridized carbons (Fsp3) is 0.222. The predicted octanol–water partition coefficient (Wildman–Crippen LogP) is 2.89. The van der Waals surface area contributed by atoms with E-state index >= 15 is 0 Å². The van der Waals surface area contributed by atoms with Crippen LogP contribution < -0.4 is 15.4 Å². The Kier molecular flexibility index (Phi) is 4.71. The lowest BCUT2D eigenvalue weighted by Gasteiger charge is -2.24. The van der Waals surface area contributed by atoms with E-state index in [9.17, 15) is 9.59 Å². The van der Waals surface area contributed by atoms with Gasteiger partial charge in [-0.3, -0.25) is 9.59 Å². The first-order valence-corrected chi connectivity index (χ1v) is 7.99. The van der Waals surface area contributed by atoms with Crippen molar-refractivity contribution in [1.82, 2.24) is 5.32 Å². The quantitative estimate of drug-likeness (QED) is 0.899. The average molecular weight is 345 g/mol. The first-order chi connectivity index (χ1) is 11.6. The highest BCUT2D eigenvalue weighted by atomic mass is 35.5. The van der Waals surface area contributed by atoms with Gasteiger partial charge < -0.3 is 15.4 Å². The highest BCUT2D eigenvalue weighted by Crippen LogP contribution is 2.30. The highest BCUT2D eigenvalue weighted by Gasteiger charge is 2.26. The lowest BCUT2D eigenvalue weighted by molar-refractivity contribution is -0.121. The molecular weight excluding hydrogens is 328 g/mol. The van der Waals surface area contributed by atoms with E-state index in [0.717, 1.165) is 11.3 Å². The summed E-state index contributed by atoms with van der Waals surface area (Å²) in [5, 5.41) is 6.04. The first-order valence-electron chi connectivity index (χ1n) is 7.61. The van der Waals surface area contributed by atoms with Crippen LogP contribution in [0.3, 0.4) is 0 Å². The maximum absolute atomic E-state index is 12.4. The predicted molar refractivity (Wildman–Crippen MR) is 92.6 cm³/mol. The molecule has 2 aromatic rings. The van der Waals surface area contributed by atoms with Gasteiger partial charge in [-0.25, -0.2) is 0 Å². The van der Waals surface area contributed by atoms with Crippen molar-refractivity contribution < 1.29 is 14.3 Å². The lowest BCUT2D eigenvalue weighted by atomic mass is 9.96. The Labute approximate surface area is 145 Å². The van der Waals surface area contributed by atoms with Crippen LogP contribution in [0.2, 0.25) is 5.02 Å². The summed E-state index contributed by atoms with van der Waals surface area (Å²) in [7, 11) is 1.57. The number of benzene rings is 2. The molecule has 6 heteroatoms. The second kappa shape index (κ2) is 6.93. The summed E-state index contributed by atoms with van der Waals surface area (Å²) in [6, 6.07) is 12.2. The summed E-state index contributed by atoms with van der Waals surface area (Å²) in [5.41, 5.74) is 2.12. The normalized spacial score (nSPS) is 15.8. The number of carbonyl (C=O) groups excluding carboxylic acids is 2. The fourth-order valence-electron chi connectivity index (χ4n) is 2.63. The van der Waals surface area contributed by atoms with Gasteiger partial charge in [0.15, 0.2) is 0 Å². The fourth-order valence-corrected chi connectivity index (χ4v) is 2.82. The molecule has 0 fully saturated rings. The van der Waals surface area contributed by atoms with E-state index in [1.54, 1.807) is 37.4 Å². The Morgan fingerprint density at radius 3 is 2.62 bits per heavy atom. The molecule has 5 nitrogen and oxygen atoms in total. The van der Waals surface area contributed by atoms with Crippen molar-refractivity contribution in [1.29, 1.82) is 0 Å². The zero-order valence-electron chi connectivity index (χ0n) is 13.1. The summed E-state index contributed by atoms with van der Waals surface area (Å²) in [6.07, 6.45) is 0.581. The molecule has 0 saturated heterocycles. The SMILES string of the molecule is CNC(=O)c1ccc(NC(=O)[C@H]2COc3ccc(Cl)cc3C2)cc1. The number of hydrogen-bond acceptors (Lipinski definition) is 3. The molecule has 0 saturated carbocycles. The van der Waals surface area contributed by atoms with E-state index < -0.39 is 0 Å². The Morgan fingerprint density at radius 2 is 1.92 bits per heavy atom. The van der Waals surface area contributed by atoms with Crippen molar-refractivity contribution in [3.8, 4) is 5.75 Å². The molecule has 0 bridgehead atoms. The molecule has 2 N–H and O–H groups in total. The molecule has 0 radical (unpaired) electrons. The summed E-state index contributed by atoms with van der Waals surface area (Å²) in [6.45, 7) is 0.330. The van der Waals surface area contributed by atoms with Gasteiger partial charge in [0.25, 0.3) is 5.91 Å². The van der Waals surface area contributed by atoms with Gasteiger partial charge in [-0.2, -0.15) is 0 Å². The first kappa shape index (κ1) is 16.3. The van der Waals surface area contributed by atoms with Crippen LogP contribution in [0, 0.1) is 5.92 Å². The monoisotopic (exact) mass is 344 g/mol. The third-order valence-corrected chi connectivity index (χ3v) is 4.18. The number of rotatable bonds is 3. The molecule has 0 unspecified atom stereocenters. The largest absolute Gasteiger partial charge is 0.492 e. The van der Waals surface area contributed by atoms with E-state index in [4.69, 9.17) is 16.3 Å². The smallest absolute Gasteiger partial charge is 0.251 e. The molecule has 24 heavy (non-hydrogen) atoms. The molecule has 1 aliphatic rings. The van der Waals surface area contributed by atoms with Crippen LogP contribution in [0.15, 0.2) is 42.5 Å². The zero-order valence-corrected chi connectivity index (χ0v) is 13.9. The Balaban J connectivity index is 1.66. The van der Waals surface area contributed by atoms with Crippen LogP contribution >= 0.6 is 11.6 Å². The topological polar surface area (TPSA) is 67.4 Å². The molecule has 1 atom stereocenters. The van der Waals surface area contributed by atoms with Crippen LogP contribution in [-0.4, -0.2) is 25.5 Å². The van der Waals surface area contributed by atoms with E-state index in [2.05, 4.69) is 10.6 Å². The lowest BCUT2D eigenvalue weighted by Crippen LogP contribution is -2.32. The van der Waals surface area contributed by atoms with Gasteiger partial charge in [-0.15, -0.1) is 0 Å². The van der Waals surface area contributed by atoms with Gasteiger partial charge in [-0.05, 0) is 54.4 Å². The van der Waals surface area contributed by atoms with E-state index in [0.29, 0.717) is 29.3 Å². The number of carbonyl (C=O) groups is 2. The Morgan fingerprint density at radius 1 is 1.17 bits per heavy atom. The second-order valence-corrected chi connectivity index (χ2v) is 6.05. The van der Waals surface area contributed by atoms with Crippen LogP contribution in [0.4, 0.5) is 5.69 Å². The molecule has 0 aromatic heterocycles. The van der Waals surface area contributed by atoms with E-state index in [1.807, 2.05) is 12.1 Å². The summed E-state index contributed by atoms with van der Waals surface area (Å²) >= 11 is 6.00. The minimum absolute atomic E-state index is 0.117. The molecule has 124 valence electrons. The molecule has 2 aromatic carbocycles. The molecule has 2 amide bonds. The number of ether oxygens (including phenoxy) is 1. The van der Waals surface area contributed by atoms with Gasteiger partial charge in [0.2, 0.25) is 5.91 Å². The summed E-state index contributed by atoms with van der Waals surface area (Å²) in [5.74, 6) is 0.211. The third-order valence-electron chi connectivity index (χ3n) is 3.94. The summed E-state index contributed by atoms with van der Waals surface area (Å²) in [4.78, 5) is 23.9. The van der Waals surface area contributed by atoms with Crippen LogP contribution in [-0.2, 0) is 11.2 Å². The van der Waals surface area contributed by atoms with Crippen molar-refractivity contribution >= 4 is 29.1 Å². The van der Waals surface area contributed by atoms with Crippen molar-refractivity contribution in [2.24, 2.45) is 5.92 Å². The number of amides is 2. The number of nitrogens with one attached hydrogen (secondary N) is 2. The van der Waals surface area contributed by atoms with E-state index in [1.165, 1.54) is 0 Å². The van der Waals surface area contributed by atoms with Gasteiger partial charge in [0, 0.05) is 23.3 Å². The second-order valence-electron chi connectivity index (χ2n) is 5.61. The molecule has 0 spiro atoms. The van der Waals surface area contributed by atoms with Crippen molar-refractivity contribution in [3.63, 3.8) is 0 Å². The molecule has 1 heterocycles. The maximum atomic E-state index is 12.4. The van der Waals surface area contributed by atoms with Crippen molar-refractivity contribution in [2.45, 2.75) is 6.42 Å². The molecular formula is C18H17ClN2O3. The van der Waals surface area contributed by atoms with Gasteiger partial charge >= 0.3 is 0 Å². The van der Waals surface area contributed by atoms with Crippen LogP contribution in [0.25, 0.3) is 0 Å². The Bertz CT molecular complexity index is 774. The average Bonchev–Trinajstić information content (AvgIpc) is 2.61.